The van der Waals surface area contributed by atoms with Gasteiger partial charge in [0.05, 0.1) is 16.6 Å². The molecule has 1 saturated carbocycles. The molecule has 3 N–H and O–H groups in total. The molecular weight excluding hydrogens is 302 g/mol. The Bertz CT molecular complexity index is 776. The van der Waals surface area contributed by atoms with Crippen molar-refractivity contribution in [2.24, 2.45) is 0 Å². The average Bonchev–Trinajstić information content (AvgIpc) is 3.00. The summed E-state index contributed by atoms with van der Waals surface area (Å²) in [6.45, 7) is 4.19. The number of phenolic OH excluding ortho intramolecular Hbond substituents is 1. The Kier molecular flexibility index (Phi) is 4.15. The summed E-state index contributed by atoms with van der Waals surface area (Å²) in [5.74, 6) is 0.0230. The van der Waals surface area contributed by atoms with Crippen molar-refractivity contribution in [3.05, 3.63) is 38.2 Å². The number of halogens is 1. The van der Waals surface area contributed by atoms with Gasteiger partial charge < -0.3 is 14.8 Å². The van der Waals surface area contributed by atoms with Crippen LogP contribution in [0.1, 0.15) is 42.4 Å². The van der Waals surface area contributed by atoms with Crippen LogP contribution in [0, 0.1) is 13.8 Å². The van der Waals surface area contributed by atoms with Gasteiger partial charge in [0.15, 0.2) is 5.58 Å². The van der Waals surface area contributed by atoms with Crippen LogP contribution in [0.15, 0.2) is 15.3 Å². The van der Waals surface area contributed by atoms with Gasteiger partial charge >= 0.3 is 5.63 Å². The Hall–Kier alpha value is -1.52. The molecule has 0 bridgehead atoms. The number of quaternary nitrogens is 1. The van der Waals surface area contributed by atoms with Crippen LogP contribution >= 0.6 is 11.6 Å². The largest absolute Gasteiger partial charge is 0.506 e. The van der Waals surface area contributed by atoms with Crippen LogP contribution in [-0.2, 0) is 6.54 Å². The Morgan fingerprint density at radius 3 is 2.68 bits per heavy atom. The van der Waals surface area contributed by atoms with Gasteiger partial charge in [-0.3, -0.25) is 0 Å². The highest BCUT2D eigenvalue weighted by molar-refractivity contribution is 6.33. The second-order valence-corrected chi connectivity index (χ2v) is 6.59. The maximum Gasteiger partial charge on any atom is 0.339 e. The first-order valence-corrected chi connectivity index (χ1v) is 8.14. The number of hydrogen-bond donors (Lipinski definition) is 2. The highest BCUT2D eigenvalue weighted by Crippen LogP contribution is 2.35. The SMILES string of the molecule is Cc1c(C)c2cc(Cl)c(O)c(C[NH2+]C3CCCC3)c2oc1=O. The normalized spacial score (nSPS) is 15.8. The van der Waals surface area contributed by atoms with Crippen LogP contribution < -0.4 is 10.9 Å². The third kappa shape index (κ3) is 2.61. The van der Waals surface area contributed by atoms with Gasteiger partial charge in [-0.25, -0.2) is 4.79 Å². The quantitative estimate of drug-likeness (QED) is 0.854. The zero-order valence-corrected chi connectivity index (χ0v) is 13.7. The molecule has 3 rings (SSSR count). The van der Waals surface area contributed by atoms with Gasteiger partial charge in [-0.15, -0.1) is 0 Å². The molecule has 0 atom stereocenters. The lowest BCUT2D eigenvalue weighted by molar-refractivity contribution is -0.703. The lowest BCUT2D eigenvalue weighted by atomic mass is 10.0. The van der Waals surface area contributed by atoms with Crippen LogP contribution in [0.3, 0.4) is 0 Å². The predicted octanol–water partition coefficient (Wildman–Crippen LogP) is 2.77. The smallest absolute Gasteiger partial charge is 0.339 e. The molecule has 0 amide bonds. The maximum absolute atomic E-state index is 12.0. The third-order valence-corrected chi connectivity index (χ3v) is 5.11. The van der Waals surface area contributed by atoms with Crippen LogP contribution in [0.2, 0.25) is 5.02 Å². The summed E-state index contributed by atoms with van der Waals surface area (Å²) in [5.41, 5.74) is 2.17. The highest BCUT2D eigenvalue weighted by atomic mass is 35.5. The van der Waals surface area contributed by atoms with Crippen LogP contribution in [0.25, 0.3) is 11.0 Å². The lowest BCUT2D eigenvalue weighted by Crippen LogP contribution is -2.87. The Labute approximate surface area is 134 Å². The number of phenols is 1. The van der Waals surface area contributed by atoms with E-state index in [1.807, 2.05) is 6.92 Å². The summed E-state index contributed by atoms with van der Waals surface area (Å²) in [4.78, 5) is 12.0. The fourth-order valence-electron chi connectivity index (χ4n) is 3.26. The zero-order chi connectivity index (χ0) is 15.9. The summed E-state index contributed by atoms with van der Waals surface area (Å²) < 4.78 is 5.46. The summed E-state index contributed by atoms with van der Waals surface area (Å²) in [6.07, 6.45) is 4.91. The minimum atomic E-state index is -0.353. The van der Waals surface area contributed by atoms with E-state index >= 15 is 0 Å². The highest BCUT2D eigenvalue weighted by Gasteiger charge is 2.22. The number of benzene rings is 1. The first-order valence-electron chi connectivity index (χ1n) is 7.76. The molecule has 22 heavy (non-hydrogen) atoms. The van der Waals surface area contributed by atoms with Gasteiger partial charge in [0.2, 0.25) is 0 Å². The van der Waals surface area contributed by atoms with E-state index in [0.717, 1.165) is 10.9 Å². The first-order chi connectivity index (χ1) is 10.5. The molecule has 1 aliphatic rings. The fraction of sp³-hybridized carbons (Fsp3) is 0.471. The van der Waals surface area contributed by atoms with E-state index in [-0.39, 0.29) is 11.4 Å². The van der Waals surface area contributed by atoms with Crippen molar-refractivity contribution >= 4 is 22.6 Å². The number of aromatic hydroxyl groups is 1. The monoisotopic (exact) mass is 322 g/mol. The van der Waals surface area contributed by atoms with E-state index in [0.29, 0.717) is 34.3 Å². The molecule has 1 aromatic heterocycles. The van der Waals surface area contributed by atoms with E-state index in [9.17, 15) is 9.90 Å². The van der Waals surface area contributed by atoms with Crippen LogP contribution in [0.4, 0.5) is 0 Å². The summed E-state index contributed by atoms with van der Waals surface area (Å²) >= 11 is 6.17. The Morgan fingerprint density at radius 2 is 2.00 bits per heavy atom. The molecule has 2 aromatic rings. The number of nitrogens with two attached hydrogens (primary N) is 1. The molecule has 1 aliphatic carbocycles. The standard InChI is InChI=1S/C17H20ClNO3/c1-9-10(2)17(21)22-16-12(9)7-14(18)15(20)13(16)8-19-11-5-3-4-6-11/h7,11,19-20H,3-6,8H2,1-2H3/p+1. The molecule has 0 radical (unpaired) electrons. The summed E-state index contributed by atoms with van der Waals surface area (Å²) in [7, 11) is 0. The Morgan fingerprint density at radius 1 is 1.32 bits per heavy atom. The molecule has 4 nitrogen and oxygen atoms in total. The van der Waals surface area contributed by atoms with Gasteiger partial charge in [0.1, 0.15) is 12.3 Å². The molecule has 0 saturated heterocycles. The van der Waals surface area contributed by atoms with Gasteiger partial charge in [0, 0.05) is 10.9 Å². The van der Waals surface area contributed by atoms with Gasteiger partial charge in [-0.2, -0.15) is 0 Å². The number of fused-ring (bicyclic) bond motifs is 1. The van der Waals surface area contributed by atoms with E-state index in [1.54, 1.807) is 13.0 Å². The van der Waals surface area contributed by atoms with Crippen LogP contribution in [0.5, 0.6) is 5.75 Å². The van der Waals surface area contributed by atoms with Gasteiger partial charge in [-0.05, 0) is 51.2 Å². The minimum Gasteiger partial charge on any atom is -0.506 e. The fourth-order valence-corrected chi connectivity index (χ4v) is 3.48. The second-order valence-electron chi connectivity index (χ2n) is 6.19. The molecular formula is C17H21ClNO3+. The lowest BCUT2D eigenvalue weighted by Gasteiger charge is -2.13. The van der Waals surface area contributed by atoms with Crippen molar-refractivity contribution in [1.29, 1.82) is 0 Å². The van der Waals surface area contributed by atoms with Crippen molar-refractivity contribution in [2.75, 3.05) is 0 Å². The van der Waals surface area contributed by atoms with E-state index in [1.165, 1.54) is 25.7 Å². The third-order valence-electron chi connectivity index (χ3n) is 4.82. The number of rotatable bonds is 3. The van der Waals surface area contributed by atoms with E-state index in [2.05, 4.69) is 5.32 Å². The molecule has 1 aromatic carbocycles. The Balaban J connectivity index is 2.10. The van der Waals surface area contributed by atoms with Crippen molar-refractivity contribution in [3.8, 4) is 5.75 Å². The predicted molar refractivity (Wildman–Crippen MR) is 86.5 cm³/mol. The molecule has 1 heterocycles. The summed E-state index contributed by atoms with van der Waals surface area (Å²) in [5, 5.41) is 13.6. The average molecular weight is 323 g/mol. The topological polar surface area (TPSA) is 67.1 Å². The minimum absolute atomic E-state index is 0.0230. The number of hydrogen-bond acceptors (Lipinski definition) is 3. The molecule has 118 valence electrons. The van der Waals surface area contributed by atoms with Crippen molar-refractivity contribution < 1.29 is 14.8 Å². The maximum atomic E-state index is 12.0. The molecule has 0 spiro atoms. The van der Waals surface area contributed by atoms with Crippen molar-refractivity contribution in [2.45, 2.75) is 52.1 Å². The van der Waals surface area contributed by atoms with Crippen LogP contribution in [-0.4, -0.2) is 11.1 Å². The second kappa shape index (κ2) is 5.94. The zero-order valence-electron chi connectivity index (χ0n) is 12.9. The van der Waals surface area contributed by atoms with Crippen molar-refractivity contribution in [3.63, 3.8) is 0 Å². The van der Waals surface area contributed by atoms with Gasteiger partial charge in [0.25, 0.3) is 0 Å². The summed E-state index contributed by atoms with van der Waals surface area (Å²) in [6, 6.07) is 2.25. The van der Waals surface area contributed by atoms with Crippen molar-refractivity contribution in [1.82, 2.24) is 0 Å². The molecule has 0 unspecified atom stereocenters. The molecule has 1 fully saturated rings. The molecule has 5 heteroatoms. The van der Waals surface area contributed by atoms with Gasteiger partial charge in [-0.1, -0.05) is 11.6 Å². The number of aryl methyl sites for hydroxylation is 1. The molecule has 0 aliphatic heterocycles. The first kappa shape index (κ1) is 15.4. The van der Waals surface area contributed by atoms with E-state index < -0.39 is 0 Å². The van der Waals surface area contributed by atoms with E-state index in [4.69, 9.17) is 16.0 Å².